The zero-order valence-corrected chi connectivity index (χ0v) is 17.1. The highest BCUT2D eigenvalue weighted by Gasteiger charge is 2.19. The second-order valence-corrected chi connectivity index (χ2v) is 7.28. The molecule has 9 heteroatoms. The highest BCUT2D eigenvalue weighted by Crippen LogP contribution is 2.22. The molecule has 3 aromatic rings. The number of amides is 1. The van der Waals surface area contributed by atoms with Crippen LogP contribution in [0.4, 0.5) is 23.0 Å². The van der Waals surface area contributed by atoms with E-state index < -0.39 is 4.92 Å². The van der Waals surface area contributed by atoms with E-state index in [2.05, 4.69) is 37.2 Å². The van der Waals surface area contributed by atoms with Crippen molar-refractivity contribution in [2.24, 2.45) is 0 Å². The minimum absolute atomic E-state index is 0.0180. The van der Waals surface area contributed by atoms with Gasteiger partial charge in [-0.15, -0.1) is 0 Å². The van der Waals surface area contributed by atoms with E-state index in [1.165, 1.54) is 30.2 Å². The fraction of sp³-hybridized carbons (Fsp3) is 0.227. The lowest BCUT2D eigenvalue weighted by Crippen LogP contribution is -2.46. The summed E-state index contributed by atoms with van der Waals surface area (Å²) in [6, 6.07) is 16.3. The van der Waals surface area contributed by atoms with Crippen LogP contribution in [0.25, 0.3) is 0 Å². The monoisotopic (exact) mass is 418 g/mol. The summed E-state index contributed by atoms with van der Waals surface area (Å²) in [7, 11) is 0. The molecule has 0 radical (unpaired) electrons. The summed E-state index contributed by atoms with van der Waals surface area (Å²) >= 11 is 0. The molecule has 1 aliphatic heterocycles. The molecule has 9 nitrogen and oxygen atoms in total. The predicted octanol–water partition coefficient (Wildman–Crippen LogP) is 3.27. The summed E-state index contributed by atoms with van der Waals surface area (Å²) in [6.45, 7) is 4.96. The van der Waals surface area contributed by atoms with Crippen LogP contribution in [0.1, 0.15) is 15.9 Å². The van der Waals surface area contributed by atoms with Crippen LogP contribution in [-0.2, 0) is 0 Å². The van der Waals surface area contributed by atoms with Crippen LogP contribution in [0.2, 0.25) is 0 Å². The van der Waals surface area contributed by atoms with E-state index in [-0.39, 0.29) is 11.6 Å². The van der Waals surface area contributed by atoms with Gasteiger partial charge in [0, 0.05) is 55.1 Å². The number of carbonyl (C=O) groups excluding carboxylic acids is 1. The Labute approximate surface area is 179 Å². The van der Waals surface area contributed by atoms with Gasteiger partial charge in [-0.05, 0) is 31.2 Å². The summed E-state index contributed by atoms with van der Waals surface area (Å²) in [5, 5.41) is 13.7. The number of nitrogens with one attached hydrogen (secondary N) is 1. The molecule has 0 atom stereocenters. The van der Waals surface area contributed by atoms with E-state index in [4.69, 9.17) is 0 Å². The normalized spacial score (nSPS) is 13.7. The molecule has 1 fully saturated rings. The van der Waals surface area contributed by atoms with E-state index in [0.717, 1.165) is 32.0 Å². The highest BCUT2D eigenvalue weighted by molar-refractivity contribution is 6.04. The average Bonchev–Trinajstić information content (AvgIpc) is 2.79. The third-order valence-electron chi connectivity index (χ3n) is 5.27. The number of anilines is 3. The maximum absolute atomic E-state index is 12.6. The molecule has 158 valence electrons. The Balaban J connectivity index is 1.41. The molecule has 31 heavy (non-hydrogen) atoms. The molecule has 0 spiro atoms. The third kappa shape index (κ3) is 4.61. The standard InChI is InChI=1S/C22H22N6O3/c1-16-13-17(7-8-19(16)28(30)31)22(29)25-20-14-21(24-15-23-20)27-11-9-26(10-12-27)18-5-3-2-4-6-18/h2-8,13-15H,9-12H2,1H3,(H,23,24,25,29). The van der Waals surface area contributed by atoms with Gasteiger partial charge in [-0.1, -0.05) is 18.2 Å². The molecule has 4 rings (SSSR count). The minimum Gasteiger partial charge on any atom is -0.368 e. The van der Waals surface area contributed by atoms with Crippen molar-refractivity contribution in [1.29, 1.82) is 0 Å². The first kappa shape index (κ1) is 20.3. The van der Waals surface area contributed by atoms with Gasteiger partial charge in [0.05, 0.1) is 4.92 Å². The molecule has 1 amide bonds. The van der Waals surface area contributed by atoms with Crippen LogP contribution in [0.15, 0.2) is 60.9 Å². The van der Waals surface area contributed by atoms with Crippen LogP contribution in [0.3, 0.4) is 0 Å². The Morgan fingerprint density at radius 3 is 2.39 bits per heavy atom. The summed E-state index contributed by atoms with van der Waals surface area (Å²) < 4.78 is 0. The molecule has 1 aromatic heterocycles. The molecule has 0 aliphatic carbocycles. The van der Waals surface area contributed by atoms with Crippen molar-refractivity contribution >= 4 is 28.9 Å². The van der Waals surface area contributed by atoms with Gasteiger partial charge < -0.3 is 15.1 Å². The molecule has 0 unspecified atom stereocenters. The van der Waals surface area contributed by atoms with Crippen molar-refractivity contribution in [3.63, 3.8) is 0 Å². The third-order valence-corrected chi connectivity index (χ3v) is 5.27. The number of aromatic nitrogens is 2. The van der Waals surface area contributed by atoms with Crippen molar-refractivity contribution < 1.29 is 9.72 Å². The molecule has 2 heterocycles. The van der Waals surface area contributed by atoms with Gasteiger partial charge in [0.15, 0.2) is 0 Å². The van der Waals surface area contributed by atoms with Crippen LogP contribution in [0.5, 0.6) is 0 Å². The van der Waals surface area contributed by atoms with Crippen LogP contribution >= 0.6 is 0 Å². The van der Waals surface area contributed by atoms with Crippen LogP contribution in [-0.4, -0.2) is 47.0 Å². The Morgan fingerprint density at radius 1 is 1.00 bits per heavy atom. The number of benzene rings is 2. The van der Waals surface area contributed by atoms with E-state index in [1.54, 1.807) is 13.0 Å². The van der Waals surface area contributed by atoms with Crippen molar-refractivity contribution in [2.75, 3.05) is 41.3 Å². The SMILES string of the molecule is Cc1cc(C(=O)Nc2cc(N3CCN(c4ccccc4)CC3)ncn2)ccc1[N+](=O)[O-]. The lowest BCUT2D eigenvalue weighted by atomic mass is 10.1. The van der Waals surface area contributed by atoms with Gasteiger partial charge in [0.25, 0.3) is 11.6 Å². The lowest BCUT2D eigenvalue weighted by Gasteiger charge is -2.36. The average molecular weight is 418 g/mol. The number of para-hydroxylation sites is 1. The topological polar surface area (TPSA) is 104 Å². The number of rotatable bonds is 5. The zero-order valence-electron chi connectivity index (χ0n) is 17.1. The Morgan fingerprint density at radius 2 is 1.71 bits per heavy atom. The molecule has 2 aromatic carbocycles. The number of piperazine rings is 1. The number of carbonyl (C=O) groups is 1. The maximum atomic E-state index is 12.6. The molecular weight excluding hydrogens is 396 g/mol. The van der Waals surface area contributed by atoms with Gasteiger partial charge in [-0.25, -0.2) is 9.97 Å². The van der Waals surface area contributed by atoms with Crippen molar-refractivity contribution in [3.8, 4) is 0 Å². The van der Waals surface area contributed by atoms with E-state index >= 15 is 0 Å². The smallest absolute Gasteiger partial charge is 0.272 e. The number of nitro benzene ring substituents is 1. The van der Waals surface area contributed by atoms with E-state index in [0.29, 0.717) is 16.9 Å². The first-order valence-corrected chi connectivity index (χ1v) is 9.94. The first-order chi connectivity index (χ1) is 15.0. The minimum atomic E-state index is -0.467. The van der Waals surface area contributed by atoms with Gasteiger partial charge in [-0.3, -0.25) is 14.9 Å². The molecule has 0 saturated carbocycles. The number of aryl methyl sites for hydroxylation is 1. The fourth-order valence-electron chi connectivity index (χ4n) is 3.61. The summed E-state index contributed by atoms with van der Waals surface area (Å²) in [5.74, 6) is 0.755. The van der Waals surface area contributed by atoms with Gasteiger partial charge in [-0.2, -0.15) is 0 Å². The molecule has 1 N–H and O–H groups in total. The molecule has 1 aliphatic rings. The van der Waals surface area contributed by atoms with Crippen molar-refractivity contribution in [1.82, 2.24) is 9.97 Å². The number of nitrogens with zero attached hydrogens (tertiary/aromatic N) is 5. The second kappa shape index (κ2) is 8.78. The van der Waals surface area contributed by atoms with E-state index in [9.17, 15) is 14.9 Å². The first-order valence-electron chi connectivity index (χ1n) is 9.94. The van der Waals surface area contributed by atoms with Crippen molar-refractivity contribution in [2.45, 2.75) is 6.92 Å². The molecule has 0 bridgehead atoms. The Kier molecular flexibility index (Phi) is 5.74. The quantitative estimate of drug-likeness (QED) is 0.501. The maximum Gasteiger partial charge on any atom is 0.272 e. The number of nitro groups is 1. The summed E-state index contributed by atoms with van der Waals surface area (Å²) in [4.78, 5) is 36.1. The fourth-order valence-corrected chi connectivity index (χ4v) is 3.61. The number of hydrogen-bond acceptors (Lipinski definition) is 7. The predicted molar refractivity (Wildman–Crippen MR) is 119 cm³/mol. The Hall–Kier alpha value is -4.01. The largest absolute Gasteiger partial charge is 0.368 e. The Bertz CT molecular complexity index is 1100. The van der Waals surface area contributed by atoms with Crippen LogP contribution in [0, 0.1) is 17.0 Å². The van der Waals surface area contributed by atoms with Gasteiger partial charge in [0.2, 0.25) is 0 Å². The van der Waals surface area contributed by atoms with Gasteiger partial charge >= 0.3 is 0 Å². The summed E-state index contributed by atoms with van der Waals surface area (Å²) in [5.41, 5.74) is 1.95. The second-order valence-electron chi connectivity index (χ2n) is 7.28. The lowest BCUT2D eigenvalue weighted by molar-refractivity contribution is -0.385. The highest BCUT2D eigenvalue weighted by atomic mass is 16.6. The molecular formula is C22H22N6O3. The van der Waals surface area contributed by atoms with Gasteiger partial charge in [0.1, 0.15) is 18.0 Å². The zero-order chi connectivity index (χ0) is 21.8. The van der Waals surface area contributed by atoms with Crippen molar-refractivity contribution in [3.05, 3.63) is 82.2 Å². The molecule has 1 saturated heterocycles. The van der Waals surface area contributed by atoms with Crippen LogP contribution < -0.4 is 15.1 Å². The van der Waals surface area contributed by atoms with E-state index in [1.807, 2.05) is 18.2 Å². The summed E-state index contributed by atoms with van der Waals surface area (Å²) in [6.07, 6.45) is 1.43. The number of hydrogen-bond donors (Lipinski definition) is 1.